The zero-order chi connectivity index (χ0) is 25.9. The number of carbonyl (C=O) groups excluding carboxylic acids is 1. The molecule has 3 aromatic heterocycles. The van der Waals surface area contributed by atoms with E-state index in [0.29, 0.717) is 29.5 Å². The van der Waals surface area contributed by atoms with Crippen molar-refractivity contribution in [2.45, 2.75) is 57.5 Å². The minimum atomic E-state index is -0.00499. The minimum Gasteiger partial charge on any atom is -0.386 e. The van der Waals surface area contributed by atoms with Crippen LogP contribution < -0.4 is 10.6 Å². The summed E-state index contributed by atoms with van der Waals surface area (Å²) in [6.45, 7) is 9.59. The largest absolute Gasteiger partial charge is 0.386 e. The normalized spacial score (nSPS) is 19.8. The Bertz CT molecular complexity index is 1260. The third-order valence-electron chi connectivity index (χ3n) is 7.56. The Morgan fingerprint density at radius 1 is 1.11 bits per heavy atom. The summed E-state index contributed by atoms with van der Waals surface area (Å²) in [6, 6.07) is 6.77. The second kappa shape index (κ2) is 10.9. The van der Waals surface area contributed by atoms with E-state index in [1.54, 1.807) is 31.4 Å². The molecule has 37 heavy (non-hydrogen) atoms. The van der Waals surface area contributed by atoms with Crippen molar-refractivity contribution in [1.82, 2.24) is 34.6 Å². The van der Waals surface area contributed by atoms with Crippen molar-refractivity contribution < 1.29 is 4.79 Å². The molecular weight excluding hydrogens is 464 g/mol. The van der Waals surface area contributed by atoms with Gasteiger partial charge in [-0.05, 0) is 56.8 Å². The lowest BCUT2D eigenvalue weighted by atomic mass is 10.1. The summed E-state index contributed by atoms with van der Waals surface area (Å²) in [7, 11) is 3.56. The molecule has 196 valence electrons. The molecule has 5 heterocycles. The number of carbonyl (C=O) groups is 1. The summed E-state index contributed by atoms with van der Waals surface area (Å²) in [5.74, 6) is 1.18. The standard InChI is InChI=1S/C20H24N6O.C8H14N2/c1-13-8-9-17(21-11-13)23-20-22-12-14-10-16(19(27)25(2)3)26(18(14)24-20)15-6-4-5-7-15;1-7-8-3-2-5-10(8)6-4-9-7/h8-12,15H,4-7H2,1-3H3,(H,21,22,23,24);8-9H,1-6H2. The first-order chi connectivity index (χ1) is 17.9. The molecule has 3 aromatic rings. The van der Waals surface area contributed by atoms with Gasteiger partial charge in [0, 0.05) is 62.7 Å². The average molecular weight is 503 g/mol. The zero-order valence-corrected chi connectivity index (χ0v) is 22.2. The maximum absolute atomic E-state index is 12.7. The van der Waals surface area contributed by atoms with Gasteiger partial charge in [0.2, 0.25) is 5.95 Å². The molecule has 1 atom stereocenters. The van der Waals surface area contributed by atoms with Gasteiger partial charge in [-0.3, -0.25) is 9.69 Å². The molecule has 1 amide bonds. The van der Waals surface area contributed by atoms with Crippen LogP contribution in [0.5, 0.6) is 0 Å². The fourth-order valence-electron chi connectivity index (χ4n) is 5.62. The smallest absolute Gasteiger partial charge is 0.270 e. The number of rotatable bonds is 4. The van der Waals surface area contributed by atoms with Crippen LogP contribution >= 0.6 is 0 Å². The van der Waals surface area contributed by atoms with Crippen molar-refractivity contribution >= 4 is 28.7 Å². The van der Waals surface area contributed by atoms with Crippen molar-refractivity contribution in [2.24, 2.45) is 0 Å². The van der Waals surface area contributed by atoms with Gasteiger partial charge in [0.1, 0.15) is 17.2 Å². The molecule has 2 aliphatic heterocycles. The summed E-state index contributed by atoms with van der Waals surface area (Å²) in [6.07, 6.45) is 10.8. The maximum atomic E-state index is 12.7. The van der Waals surface area contributed by atoms with E-state index in [2.05, 4.69) is 36.6 Å². The van der Waals surface area contributed by atoms with Crippen LogP contribution in [-0.4, -0.2) is 75.0 Å². The van der Waals surface area contributed by atoms with Gasteiger partial charge in [0.25, 0.3) is 5.91 Å². The van der Waals surface area contributed by atoms with E-state index in [1.165, 1.54) is 44.5 Å². The first-order valence-corrected chi connectivity index (χ1v) is 13.4. The molecule has 9 nitrogen and oxygen atoms in total. The SMILES string of the molecule is C=C1NCCN2CCCC12.Cc1ccc(Nc2ncc3cc(C(=O)N(C)C)n(C4CCCC4)c3n2)nc1. The predicted molar refractivity (Wildman–Crippen MR) is 147 cm³/mol. The number of aryl methyl sites for hydroxylation is 1. The Hall–Kier alpha value is -3.46. The number of aromatic nitrogens is 4. The predicted octanol–water partition coefficient (Wildman–Crippen LogP) is 4.26. The number of hydrogen-bond donors (Lipinski definition) is 2. The molecular formula is C28H38N8O. The number of nitrogens with one attached hydrogen (secondary N) is 2. The van der Waals surface area contributed by atoms with Crippen LogP contribution in [0.1, 0.15) is 60.6 Å². The Balaban J connectivity index is 0.000000233. The molecule has 0 spiro atoms. The van der Waals surface area contributed by atoms with Crippen LogP contribution in [0.4, 0.5) is 11.8 Å². The fourth-order valence-corrected chi connectivity index (χ4v) is 5.62. The van der Waals surface area contributed by atoms with Crippen LogP contribution in [0.2, 0.25) is 0 Å². The lowest BCUT2D eigenvalue weighted by Crippen LogP contribution is -2.45. The summed E-state index contributed by atoms with van der Waals surface area (Å²) >= 11 is 0. The molecule has 2 saturated heterocycles. The highest BCUT2D eigenvalue weighted by molar-refractivity contribution is 5.97. The lowest BCUT2D eigenvalue weighted by molar-refractivity contribution is 0.0815. The van der Waals surface area contributed by atoms with E-state index in [1.807, 2.05) is 25.1 Å². The average Bonchev–Trinajstić information content (AvgIpc) is 3.65. The fraction of sp³-hybridized carbons (Fsp3) is 0.500. The van der Waals surface area contributed by atoms with Gasteiger partial charge in [-0.15, -0.1) is 0 Å². The number of hydrogen-bond acceptors (Lipinski definition) is 7. The Morgan fingerprint density at radius 2 is 1.92 bits per heavy atom. The topological polar surface area (TPSA) is 91.2 Å². The molecule has 0 aromatic carbocycles. The highest BCUT2D eigenvalue weighted by Gasteiger charge is 2.29. The number of fused-ring (bicyclic) bond motifs is 2. The maximum Gasteiger partial charge on any atom is 0.270 e. The van der Waals surface area contributed by atoms with Gasteiger partial charge in [-0.25, -0.2) is 9.97 Å². The van der Waals surface area contributed by atoms with Gasteiger partial charge in [0.15, 0.2) is 0 Å². The number of amides is 1. The van der Waals surface area contributed by atoms with E-state index in [4.69, 9.17) is 4.98 Å². The Kier molecular flexibility index (Phi) is 7.41. The molecule has 9 heteroatoms. The first-order valence-electron chi connectivity index (χ1n) is 13.4. The van der Waals surface area contributed by atoms with E-state index in [9.17, 15) is 4.79 Å². The first kappa shape index (κ1) is 25.2. The third kappa shape index (κ3) is 5.46. The molecule has 6 rings (SSSR count). The van der Waals surface area contributed by atoms with Crippen LogP contribution in [0.15, 0.2) is 42.9 Å². The molecule has 3 fully saturated rings. The van der Waals surface area contributed by atoms with E-state index in [0.717, 1.165) is 36.0 Å². The van der Waals surface area contributed by atoms with Crippen LogP contribution in [0.3, 0.4) is 0 Å². The van der Waals surface area contributed by atoms with Crippen molar-refractivity contribution in [3.8, 4) is 0 Å². The quantitative estimate of drug-likeness (QED) is 0.551. The number of piperazine rings is 1. The third-order valence-corrected chi connectivity index (χ3v) is 7.56. The van der Waals surface area contributed by atoms with Crippen molar-refractivity contribution in [3.63, 3.8) is 0 Å². The second-order valence-corrected chi connectivity index (χ2v) is 10.5. The highest BCUT2D eigenvalue weighted by Crippen LogP contribution is 2.35. The molecule has 1 saturated carbocycles. The van der Waals surface area contributed by atoms with Crippen molar-refractivity contribution in [2.75, 3.05) is 39.0 Å². The number of nitrogens with zero attached hydrogens (tertiary/aromatic N) is 6. The minimum absolute atomic E-state index is 0.00499. The van der Waals surface area contributed by atoms with Crippen LogP contribution in [0, 0.1) is 6.92 Å². The summed E-state index contributed by atoms with van der Waals surface area (Å²) in [5.41, 5.74) is 3.82. The van der Waals surface area contributed by atoms with E-state index < -0.39 is 0 Å². The Labute approximate surface area is 219 Å². The van der Waals surface area contributed by atoms with Gasteiger partial charge in [-0.1, -0.05) is 25.5 Å². The van der Waals surface area contributed by atoms with E-state index in [-0.39, 0.29) is 5.91 Å². The van der Waals surface area contributed by atoms with Gasteiger partial charge < -0.3 is 20.1 Å². The van der Waals surface area contributed by atoms with Crippen molar-refractivity contribution in [1.29, 1.82) is 0 Å². The van der Waals surface area contributed by atoms with Gasteiger partial charge in [-0.2, -0.15) is 4.98 Å². The molecule has 2 N–H and O–H groups in total. The van der Waals surface area contributed by atoms with Gasteiger partial charge in [0.05, 0.1) is 0 Å². The summed E-state index contributed by atoms with van der Waals surface area (Å²) in [4.78, 5) is 30.4. The monoisotopic (exact) mass is 502 g/mol. The molecule has 0 radical (unpaired) electrons. The van der Waals surface area contributed by atoms with Gasteiger partial charge >= 0.3 is 0 Å². The molecule has 1 aliphatic carbocycles. The van der Waals surface area contributed by atoms with E-state index >= 15 is 0 Å². The number of pyridine rings is 1. The molecule has 0 bridgehead atoms. The van der Waals surface area contributed by atoms with Crippen LogP contribution in [0.25, 0.3) is 11.0 Å². The molecule has 3 aliphatic rings. The lowest BCUT2D eigenvalue weighted by Gasteiger charge is -2.32. The Morgan fingerprint density at radius 3 is 2.62 bits per heavy atom. The zero-order valence-electron chi connectivity index (χ0n) is 22.2. The van der Waals surface area contributed by atoms with Crippen LogP contribution in [-0.2, 0) is 0 Å². The molecule has 1 unspecified atom stereocenters. The summed E-state index contributed by atoms with van der Waals surface area (Å²) in [5, 5.41) is 7.36. The second-order valence-electron chi connectivity index (χ2n) is 10.5. The number of anilines is 2. The summed E-state index contributed by atoms with van der Waals surface area (Å²) < 4.78 is 2.11. The highest BCUT2D eigenvalue weighted by atomic mass is 16.2. The van der Waals surface area contributed by atoms with Crippen molar-refractivity contribution in [3.05, 3.63) is 54.1 Å².